The number of aryl methyl sites for hydroxylation is 1. The second kappa shape index (κ2) is 8.15. The Bertz CT molecular complexity index is 786. The Balaban J connectivity index is 2.26. The third kappa shape index (κ3) is 4.40. The number of amides is 1. The number of nitrogens with one attached hydrogen (secondary N) is 1. The number of hydrogen-bond acceptors (Lipinski definition) is 5. The standard InChI is InChI=1S/C17H24N2O6S/c1-11-4-5-14(16(20)18-13(3)12(2)17(21)22)10-15(11)26(23,24)19-6-8-25-9-7-19/h4-5,10,12-13H,6-9H2,1-3H3,(H,18,20)(H,21,22). The summed E-state index contributed by atoms with van der Waals surface area (Å²) in [6, 6.07) is 3.85. The highest BCUT2D eigenvalue weighted by molar-refractivity contribution is 7.89. The molecule has 26 heavy (non-hydrogen) atoms. The second-order valence-corrected chi connectivity index (χ2v) is 8.29. The maximum Gasteiger partial charge on any atom is 0.308 e. The maximum absolute atomic E-state index is 12.9. The van der Waals surface area contributed by atoms with Crippen LogP contribution >= 0.6 is 0 Å². The van der Waals surface area contributed by atoms with Crippen LogP contribution in [0.25, 0.3) is 0 Å². The molecule has 0 bridgehead atoms. The molecule has 2 unspecified atom stereocenters. The van der Waals surface area contributed by atoms with Gasteiger partial charge in [-0.3, -0.25) is 9.59 Å². The van der Waals surface area contributed by atoms with Crippen molar-refractivity contribution in [3.8, 4) is 0 Å². The van der Waals surface area contributed by atoms with E-state index in [1.54, 1.807) is 19.9 Å². The zero-order chi connectivity index (χ0) is 19.5. The fraction of sp³-hybridized carbons (Fsp3) is 0.529. The van der Waals surface area contributed by atoms with Crippen molar-refractivity contribution in [1.82, 2.24) is 9.62 Å². The van der Waals surface area contributed by atoms with Crippen molar-refractivity contribution in [1.29, 1.82) is 0 Å². The summed E-state index contributed by atoms with van der Waals surface area (Å²) < 4.78 is 32.3. The third-order valence-corrected chi connectivity index (χ3v) is 6.58. The highest BCUT2D eigenvalue weighted by Crippen LogP contribution is 2.22. The van der Waals surface area contributed by atoms with E-state index in [-0.39, 0.29) is 23.5 Å². The van der Waals surface area contributed by atoms with E-state index in [0.29, 0.717) is 18.8 Å². The maximum atomic E-state index is 12.9. The lowest BCUT2D eigenvalue weighted by molar-refractivity contribution is -0.141. The molecule has 2 N–H and O–H groups in total. The smallest absolute Gasteiger partial charge is 0.308 e. The van der Waals surface area contributed by atoms with Crippen molar-refractivity contribution in [2.45, 2.75) is 31.7 Å². The summed E-state index contributed by atoms with van der Waals surface area (Å²) in [7, 11) is -3.73. The number of carboxylic acids is 1. The molecule has 144 valence electrons. The number of rotatable bonds is 6. The molecule has 2 rings (SSSR count). The molecule has 0 aliphatic carbocycles. The molecular weight excluding hydrogens is 360 g/mol. The summed E-state index contributed by atoms with van der Waals surface area (Å²) in [5.41, 5.74) is 0.715. The summed E-state index contributed by atoms with van der Waals surface area (Å²) in [5.74, 6) is -2.29. The van der Waals surface area contributed by atoms with Gasteiger partial charge in [0.1, 0.15) is 0 Å². The van der Waals surface area contributed by atoms with Crippen molar-refractivity contribution in [3.63, 3.8) is 0 Å². The van der Waals surface area contributed by atoms with E-state index >= 15 is 0 Å². The summed E-state index contributed by atoms with van der Waals surface area (Å²) in [6.07, 6.45) is 0. The van der Waals surface area contributed by atoms with Gasteiger partial charge in [-0.1, -0.05) is 6.07 Å². The molecule has 1 saturated heterocycles. The normalized spacial score (nSPS) is 18.1. The van der Waals surface area contributed by atoms with Crippen molar-refractivity contribution < 1.29 is 27.9 Å². The fourth-order valence-corrected chi connectivity index (χ4v) is 4.23. The van der Waals surface area contributed by atoms with Crippen LogP contribution in [0.4, 0.5) is 0 Å². The minimum Gasteiger partial charge on any atom is -0.481 e. The van der Waals surface area contributed by atoms with Crippen LogP contribution < -0.4 is 5.32 Å². The number of aliphatic carboxylic acids is 1. The largest absolute Gasteiger partial charge is 0.481 e. The van der Waals surface area contributed by atoms with Gasteiger partial charge in [-0.05, 0) is 38.5 Å². The van der Waals surface area contributed by atoms with Gasteiger partial charge in [-0.15, -0.1) is 0 Å². The molecule has 9 heteroatoms. The lowest BCUT2D eigenvalue weighted by Gasteiger charge is -2.27. The van der Waals surface area contributed by atoms with Crippen LogP contribution in [-0.4, -0.2) is 62.1 Å². The van der Waals surface area contributed by atoms with Gasteiger partial charge >= 0.3 is 5.97 Å². The van der Waals surface area contributed by atoms with Crippen LogP contribution in [-0.2, 0) is 19.6 Å². The quantitative estimate of drug-likeness (QED) is 0.752. The van der Waals surface area contributed by atoms with Gasteiger partial charge < -0.3 is 15.2 Å². The first-order valence-electron chi connectivity index (χ1n) is 8.37. The molecule has 1 amide bonds. The predicted octanol–water partition coefficient (Wildman–Crippen LogP) is 0.855. The summed E-state index contributed by atoms with van der Waals surface area (Å²) >= 11 is 0. The van der Waals surface area contributed by atoms with E-state index in [1.165, 1.54) is 23.4 Å². The Morgan fingerprint density at radius 1 is 1.23 bits per heavy atom. The molecule has 8 nitrogen and oxygen atoms in total. The average molecular weight is 384 g/mol. The van der Waals surface area contributed by atoms with E-state index in [4.69, 9.17) is 9.84 Å². The molecule has 0 aromatic heterocycles. The molecule has 1 aliphatic rings. The Hall–Kier alpha value is -1.97. The molecule has 1 fully saturated rings. The van der Waals surface area contributed by atoms with Gasteiger partial charge in [-0.25, -0.2) is 8.42 Å². The van der Waals surface area contributed by atoms with Crippen molar-refractivity contribution in [2.24, 2.45) is 5.92 Å². The topological polar surface area (TPSA) is 113 Å². The van der Waals surface area contributed by atoms with E-state index in [9.17, 15) is 18.0 Å². The van der Waals surface area contributed by atoms with E-state index in [2.05, 4.69) is 5.32 Å². The van der Waals surface area contributed by atoms with Gasteiger partial charge in [0.25, 0.3) is 5.91 Å². The van der Waals surface area contributed by atoms with Crippen LogP contribution in [0, 0.1) is 12.8 Å². The Morgan fingerprint density at radius 2 is 1.85 bits per heavy atom. The molecule has 1 aliphatic heterocycles. The lowest BCUT2D eigenvalue weighted by atomic mass is 10.0. The predicted molar refractivity (Wildman–Crippen MR) is 94.5 cm³/mol. The highest BCUT2D eigenvalue weighted by atomic mass is 32.2. The third-order valence-electron chi connectivity index (χ3n) is 4.54. The molecule has 2 atom stereocenters. The summed E-state index contributed by atoms with van der Waals surface area (Å²) in [6.45, 7) is 5.97. The van der Waals surface area contributed by atoms with Crippen LogP contribution in [0.15, 0.2) is 23.1 Å². The molecule has 0 radical (unpaired) electrons. The first-order chi connectivity index (χ1) is 12.1. The van der Waals surface area contributed by atoms with E-state index < -0.39 is 33.9 Å². The highest BCUT2D eigenvalue weighted by Gasteiger charge is 2.29. The SMILES string of the molecule is Cc1ccc(C(=O)NC(C)C(C)C(=O)O)cc1S(=O)(=O)N1CCOCC1. The molecule has 0 saturated carbocycles. The lowest BCUT2D eigenvalue weighted by Crippen LogP contribution is -2.41. The second-order valence-electron chi connectivity index (χ2n) is 6.39. The van der Waals surface area contributed by atoms with E-state index in [0.717, 1.165) is 0 Å². The number of carboxylic acid groups (broad SMARTS) is 1. The number of carbonyl (C=O) groups excluding carboxylic acids is 1. The van der Waals surface area contributed by atoms with Crippen LogP contribution in [0.3, 0.4) is 0 Å². The summed E-state index contributed by atoms with van der Waals surface area (Å²) in [5, 5.41) is 11.6. The van der Waals surface area contributed by atoms with Crippen LogP contribution in [0.5, 0.6) is 0 Å². The molecule has 1 heterocycles. The number of nitrogens with zero attached hydrogens (tertiary/aromatic N) is 1. The van der Waals surface area contributed by atoms with Crippen LogP contribution in [0.2, 0.25) is 0 Å². The number of sulfonamides is 1. The minimum absolute atomic E-state index is 0.0750. The molecular formula is C17H24N2O6S. The van der Waals surface area contributed by atoms with Gasteiger partial charge in [0.05, 0.1) is 24.0 Å². The molecule has 1 aromatic rings. The van der Waals surface area contributed by atoms with E-state index in [1.807, 2.05) is 0 Å². The zero-order valence-electron chi connectivity index (χ0n) is 15.1. The Labute approximate surface area is 153 Å². The first-order valence-corrected chi connectivity index (χ1v) is 9.81. The minimum atomic E-state index is -3.73. The number of carbonyl (C=O) groups is 2. The van der Waals surface area contributed by atoms with Gasteiger partial charge in [-0.2, -0.15) is 4.31 Å². The number of ether oxygens (including phenoxy) is 1. The van der Waals surface area contributed by atoms with Crippen molar-refractivity contribution >= 4 is 21.9 Å². The van der Waals surface area contributed by atoms with Gasteiger partial charge in [0.2, 0.25) is 10.0 Å². The first kappa shape index (κ1) is 20.3. The zero-order valence-corrected chi connectivity index (χ0v) is 15.9. The number of benzene rings is 1. The van der Waals surface area contributed by atoms with Gasteiger partial charge in [0, 0.05) is 24.7 Å². The van der Waals surface area contributed by atoms with Crippen molar-refractivity contribution in [3.05, 3.63) is 29.3 Å². The Morgan fingerprint density at radius 3 is 2.42 bits per heavy atom. The Kier molecular flexibility index (Phi) is 6.38. The van der Waals surface area contributed by atoms with Crippen molar-refractivity contribution in [2.75, 3.05) is 26.3 Å². The fourth-order valence-electron chi connectivity index (χ4n) is 2.57. The molecule has 1 aromatic carbocycles. The van der Waals surface area contributed by atoms with Gasteiger partial charge in [0.15, 0.2) is 0 Å². The monoisotopic (exact) mass is 384 g/mol. The summed E-state index contributed by atoms with van der Waals surface area (Å²) in [4.78, 5) is 23.5. The number of morpholine rings is 1. The number of hydrogen-bond donors (Lipinski definition) is 2. The average Bonchev–Trinajstić information content (AvgIpc) is 2.61. The van der Waals surface area contributed by atoms with Crippen LogP contribution in [0.1, 0.15) is 29.8 Å². The molecule has 0 spiro atoms.